The van der Waals surface area contributed by atoms with Crippen LogP contribution >= 0.6 is 0 Å². The second-order valence-electron chi connectivity index (χ2n) is 3.15. The van der Waals surface area contributed by atoms with Crippen LogP contribution in [0.1, 0.15) is 5.56 Å². The van der Waals surface area contributed by atoms with Gasteiger partial charge in [0.15, 0.2) is 5.88 Å². The lowest BCUT2D eigenvalue weighted by atomic mass is 10.2. The van der Waals surface area contributed by atoms with Gasteiger partial charge in [0.25, 0.3) is 5.56 Å². The second kappa shape index (κ2) is 4.46. The summed E-state index contributed by atoms with van der Waals surface area (Å²) in [5.74, 6) is 0.492. The largest absolute Gasteiger partial charge is 0.474 e. The molecule has 76 valence electrons. The van der Waals surface area contributed by atoms with Gasteiger partial charge in [0, 0.05) is 6.07 Å². The van der Waals surface area contributed by atoms with Crippen molar-refractivity contribution in [1.29, 1.82) is 0 Å². The summed E-state index contributed by atoms with van der Waals surface area (Å²) in [7, 11) is 0. The van der Waals surface area contributed by atoms with Gasteiger partial charge in [-0.3, -0.25) is 9.78 Å². The zero-order chi connectivity index (χ0) is 10.5. The van der Waals surface area contributed by atoms with E-state index in [1.165, 1.54) is 6.07 Å². The maximum absolute atomic E-state index is 11.0. The Labute approximate surface area is 87.3 Å². The minimum absolute atomic E-state index is 0.152. The topological polar surface area (TPSA) is 42.1 Å². The van der Waals surface area contributed by atoms with Crippen LogP contribution in [0.5, 0.6) is 5.88 Å². The summed E-state index contributed by atoms with van der Waals surface area (Å²) in [6, 6.07) is 14.6. The number of rotatable bonds is 3. The van der Waals surface area contributed by atoms with Crippen LogP contribution in [0.4, 0.5) is 0 Å². The van der Waals surface area contributed by atoms with Crippen molar-refractivity contribution in [3.05, 3.63) is 64.4 Å². The van der Waals surface area contributed by atoms with Crippen LogP contribution in [0.25, 0.3) is 0 Å². The van der Waals surface area contributed by atoms with Crippen molar-refractivity contribution in [3.63, 3.8) is 0 Å². The lowest BCUT2D eigenvalue weighted by Crippen LogP contribution is -2.05. The molecular weight excluding hydrogens is 190 g/mol. The summed E-state index contributed by atoms with van der Waals surface area (Å²) in [6.07, 6.45) is 0. The van der Waals surface area contributed by atoms with E-state index in [1.54, 1.807) is 12.1 Å². The predicted octanol–water partition coefficient (Wildman–Crippen LogP) is 1.95. The number of hydrogen-bond donors (Lipinski definition) is 1. The number of nitrogens with one attached hydrogen (secondary N) is 1. The molecule has 2 rings (SSSR count). The average Bonchev–Trinajstić information content (AvgIpc) is 2.28. The normalized spacial score (nSPS) is 9.87. The highest BCUT2D eigenvalue weighted by Gasteiger charge is 1.94. The van der Waals surface area contributed by atoms with E-state index in [0.29, 0.717) is 12.5 Å². The van der Waals surface area contributed by atoms with Crippen LogP contribution in [0.15, 0.2) is 53.3 Å². The molecule has 1 aromatic heterocycles. The molecular formula is C12H11NO2. The molecule has 0 saturated heterocycles. The summed E-state index contributed by atoms with van der Waals surface area (Å²) in [5, 5.41) is 0. The van der Waals surface area contributed by atoms with Crippen LogP contribution in [-0.2, 0) is 6.61 Å². The molecule has 0 bridgehead atoms. The fourth-order valence-corrected chi connectivity index (χ4v) is 1.25. The molecule has 0 aliphatic carbocycles. The fraction of sp³-hybridized carbons (Fsp3) is 0.0833. The van der Waals surface area contributed by atoms with Gasteiger partial charge in [0.2, 0.25) is 0 Å². The van der Waals surface area contributed by atoms with Crippen molar-refractivity contribution in [1.82, 2.24) is 4.98 Å². The Morgan fingerprint density at radius 2 is 1.80 bits per heavy atom. The Hall–Kier alpha value is -2.03. The third-order valence-corrected chi connectivity index (χ3v) is 1.98. The van der Waals surface area contributed by atoms with Gasteiger partial charge >= 0.3 is 0 Å². The number of pyridine rings is 1. The highest BCUT2D eigenvalue weighted by molar-refractivity contribution is 5.15. The Morgan fingerprint density at radius 3 is 2.53 bits per heavy atom. The standard InChI is InChI=1S/C12H11NO2/c14-11-7-4-8-12(13-11)15-9-10-5-2-1-3-6-10/h1-8H,9H2,(H,13,14). The Kier molecular flexibility index (Phi) is 2.83. The Morgan fingerprint density at radius 1 is 1.00 bits per heavy atom. The maximum atomic E-state index is 11.0. The number of hydrogen-bond acceptors (Lipinski definition) is 2. The minimum Gasteiger partial charge on any atom is -0.474 e. The van der Waals surface area contributed by atoms with Gasteiger partial charge in [-0.25, -0.2) is 0 Å². The first-order valence-corrected chi connectivity index (χ1v) is 4.71. The number of aromatic amines is 1. The van der Waals surface area contributed by atoms with Crippen molar-refractivity contribution >= 4 is 0 Å². The number of benzene rings is 1. The van der Waals surface area contributed by atoms with Crippen LogP contribution in [0.2, 0.25) is 0 Å². The molecule has 0 unspecified atom stereocenters. The third-order valence-electron chi connectivity index (χ3n) is 1.98. The molecule has 0 amide bonds. The van der Waals surface area contributed by atoms with E-state index in [4.69, 9.17) is 4.74 Å². The van der Waals surface area contributed by atoms with Crippen molar-refractivity contribution < 1.29 is 4.74 Å². The summed E-state index contributed by atoms with van der Waals surface area (Å²) in [5.41, 5.74) is 0.919. The van der Waals surface area contributed by atoms with Gasteiger partial charge < -0.3 is 4.74 Å². The van der Waals surface area contributed by atoms with Gasteiger partial charge in [-0.2, -0.15) is 0 Å². The fourth-order valence-electron chi connectivity index (χ4n) is 1.25. The average molecular weight is 201 g/mol. The van der Waals surface area contributed by atoms with E-state index in [0.717, 1.165) is 5.56 Å². The molecule has 1 heterocycles. The van der Waals surface area contributed by atoms with Crippen molar-refractivity contribution in [2.45, 2.75) is 6.61 Å². The highest BCUT2D eigenvalue weighted by atomic mass is 16.5. The molecule has 0 saturated carbocycles. The number of aromatic nitrogens is 1. The number of ether oxygens (including phenoxy) is 1. The monoisotopic (exact) mass is 201 g/mol. The molecule has 0 radical (unpaired) electrons. The Bertz CT molecular complexity index is 476. The first-order chi connectivity index (χ1) is 7.34. The zero-order valence-electron chi connectivity index (χ0n) is 8.14. The van der Waals surface area contributed by atoms with Gasteiger partial charge in [0.1, 0.15) is 6.61 Å². The molecule has 3 heteroatoms. The van der Waals surface area contributed by atoms with E-state index in [2.05, 4.69) is 4.98 Å². The van der Waals surface area contributed by atoms with Gasteiger partial charge in [-0.15, -0.1) is 0 Å². The van der Waals surface area contributed by atoms with Crippen LogP contribution in [0, 0.1) is 0 Å². The SMILES string of the molecule is O=c1cccc(OCc2ccccc2)[nH]1. The van der Waals surface area contributed by atoms with Gasteiger partial charge in [0.05, 0.1) is 0 Å². The van der Waals surface area contributed by atoms with Crippen LogP contribution < -0.4 is 10.3 Å². The van der Waals surface area contributed by atoms with Gasteiger partial charge in [-0.1, -0.05) is 36.4 Å². The molecule has 0 aliphatic rings. The van der Waals surface area contributed by atoms with E-state index < -0.39 is 0 Å². The minimum atomic E-state index is -0.152. The maximum Gasteiger partial charge on any atom is 0.250 e. The molecule has 0 aliphatic heterocycles. The summed E-state index contributed by atoms with van der Waals surface area (Å²) >= 11 is 0. The van der Waals surface area contributed by atoms with Crippen molar-refractivity contribution in [2.24, 2.45) is 0 Å². The summed E-state index contributed by atoms with van der Waals surface area (Å²) in [6.45, 7) is 0.459. The molecule has 0 fully saturated rings. The predicted molar refractivity (Wildman–Crippen MR) is 57.8 cm³/mol. The molecule has 3 nitrogen and oxygen atoms in total. The lowest BCUT2D eigenvalue weighted by Gasteiger charge is -2.04. The molecule has 1 aromatic carbocycles. The highest BCUT2D eigenvalue weighted by Crippen LogP contribution is 2.06. The molecule has 15 heavy (non-hydrogen) atoms. The summed E-state index contributed by atoms with van der Waals surface area (Å²) in [4.78, 5) is 13.6. The third kappa shape index (κ3) is 2.71. The van der Waals surface area contributed by atoms with E-state index in [9.17, 15) is 4.79 Å². The van der Waals surface area contributed by atoms with E-state index in [-0.39, 0.29) is 5.56 Å². The van der Waals surface area contributed by atoms with Crippen LogP contribution in [0.3, 0.4) is 0 Å². The molecule has 0 atom stereocenters. The molecule has 2 aromatic rings. The first kappa shape index (κ1) is 9.52. The summed E-state index contributed by atoms with van der Waals surface area (Å²) < 4.78 is 5.42. The van der Waals surface area contributed by atoms with Crippen molar-refractivity contribution in [3.8, 4) is 5.88 Å². The van der Waals surface area contributed by atoms with Gasteiger partial charge in [-0.05, 0) is 11.6 Å². The van der Waals surface area contributed by atoms with Crippen LogP contribution in [-0.4, -0.2) is 4.98 Å². The zero-order valence-corrected chi connectivity index (χ0v) is 8.14. The van der Waals surface area contributed by atoms with E-state index in [1.807, 2.05) is 30.3 Å². The lowest BCUT2D eigenvalue weighted by molar-refractivity contribution is 0.293. The van der Waals surface area contributed by atoms with E-state index >= 15 is 0 Å². The first-order valence-electron chi connectivity index (χ1n) is 4.71. The Balaban J connectivity index is 2.02. The smallest absolute Gasteiger partial charge is 0.250 e. The molecule has 0 spiro atoms. The molecule has 1 N–H and O–H groups in total. The number of H-pyrrole nitrogens is 1. The van der Waals surface area contributed by atoms with Crippen molar-refractivity contribution in [2.75, 3.05) is 0 Å². The second-order valence-corrected chi connectivity index (χ2v) is 3.15. The quantitative estimate of drug-likeness (QED) is 0.824.